The zero-order chi connectivity index (χ0) is 22.3. The summed E-state index contributed by atoms with van der Waals surface area (Å²) in [5.41, 5.74) is 3.23. The summed E-state index contributed by atoms with van der Waals surface area (Å²) in [7, 11) is 0.141. The second-order valence-corrected chi connectivity index (χ2v) is 7.69. The Kier molecular flexibility index (Phi) is 4.82. The molecule has 0 radical (unpaired) electrons. The van der Waals surface area contributed by atoms with Gasteiger partial charge in [-0.1, -0.05) is 12.1 Å². The van der Waals surface area contributed by atoms with Crippen LogP contribution in [0.5, 0.6) is 0 Å². The number of hydrogen-bond donors (Lipinski definition) is 2. The van der Waals surface area contributed by atoms with E-state index in [-0.39, 0.29) is 0 Å². The van der Waals surface area contributed by atoms with Gasteiger partial charge in [-0.25, -0.2) is 0 Å². The van der Waals surface area contributed by atoms with Crippen LogP contribution in [0.2, 0.25) is 0 Å². The Morgan fingerprint density at radius 1 is 1.10 bits per heavy atom. The topological polar surface area (TPSA) is 136 Å². The van der Waals surface area contributed by atoms with Gasteiger partial charge in [-0.2, -0.15) is 10.5 Å². The van der Waals surface area contributed by atoms with Crippen LogP contribution < -0.4 is 11.1 Å². The second kappa shape index (κ2) is 7.36. The van der Waals surface area contributed by atoms with Crippen molar-refractivity contribution in [3.63, 3.8) is 0 Å². The Hall–Kier alpha value is -3.99. The second-order valence-electron chi connectivity index (χ2n) is 7.69. The number of fused-ring (bicyclic) bond motifs is 3. The first-order chi connectivity index (χ1) is 14.8. The zero-order valence-corrected chi connectivity index (χ0v) is 17.1. The maximum atomic E-state index is 9.64. The molecule has 9 nitrogen and oxygen atoms in total. The lowest BCUT2D eigenvalue weighted by Gasteiger charge is -2.15. The van der Waals surface area contributed by atoms with E-state index in [9.17, 15) is 20.6 Å². The Morgan fingerprint density at radius 2 is 1.87 bits per heavy atom. The highest BCUT2D eigenvalue weighted by atomic mass is 16.4. The van der Waals surface area contributed by atoms with Crippen molar-refractivity contribution in [1.82, 2.24) is 19.1 Å². The first-order valence-electron chi connectivity index (χ1n) is 9.45. The van der Waals surface area contributed by atoms with Crippen molar-refractivity contribution in [1.29, 1.82) is 10.5 Å². The van der Waals surface area contributed by atoms with Gasteiger partial charge >= 0.3 is 7.12 Å². The molecule has 0 fully saturated rings. The van der Waals surface area contributed by atoms with Gasteiger partial charge in [-0.3, -0.25) is 14.5 Å². The molecule has 0 aliphatic carbocycles. The zero-order valence-electron chi connectivity index (χ0n) is 17.1. The third-order valence-corrected chi connectivity index (χ3v) is 5.30. The SMILES string of the molecule is Cn1c(=NC#N)n(-c2ccc(C(C)(C)C#N)nc2)c2c3cc(B(O)O)ccc3ncc21. The van der Waals surface area contributed by atoms with Crippen molar-refractivity contribution in [2.75, 3.05) is 0 Å². The predicted molar refractivity (Wildman–Crippen MR) is 115 cm³/mol. The van der Waals surface area contributed by atoms with Gasteiger partial charge in [0.25, 0.3) is 0 Å². The molecule has 10 heteroatoms. The van der Waals surface area contributed by atoms with Crippen molar-refractivity contribution in [3.8, 4) is 17.9 Å². The summed E-state index contributed by atoms with van der Waals surface area (Å²) in [5.74, 6) is 0. The summed E-state index contributed by atoms with van der Waals surface area (Å²) in [6, 6.07) is 10.8. The van der Waals surface area contributed by atoms with Crippen molar-refractivity contribution >= 4 is 34.5 Å². The molecule has 0 saturated heterocycles. The first kappa shape index (κ1) is 20.3. The molecule has 0 amide bonds. The normalized spacial score (nSPS) is 12.2. The van der Waals surface area contributed by atoms with Crippen LogP contribution >= 0.6 is 0 Å². The molecule has 31 heavy (non-hydrogen) atoms. The van der Waals surface area contributed by atoms with Crippen LogP contribution in [-0.4, -0.2) is 36.3 Å². The Labute approximate surface area is 177 Å². The van der Waals surface area contributed by atoms with Crippen LogP contribution in [0.4, 0.5) is 0 Å². The van der Waals surface area contributed by atoms with Gasteiger partial charge in [0.2, 0.25) is 11.8 Å². The molecule has 0 atom stereocenters. The summed E-state index contributed by atoms with van der Waals surface area (Å²) in [4.78, 5) is 12.9. The lowest BCUT2D eigenvalue weighted by molar-refractivity contribution is 0.426. The molecule has 4 rings (SSSR count). The quantitative estimate of drug-likeness (QED) is 0.378. The van der Waals surface area contributed by atoms with Crippen molar-refractivity contribution in [2.45, 2.75) is 19.3 Å². The van der Waals surface area contributed by atoms with Gasteiger partial charge in [-0.15, -0.1) is 4.99 Å². The predicted octanol–water partition coefficient (Wildman–Crippen LogP) is 0.775. The van der Waals surface area contributed by atoms with Gasteiger partial charge < -0.3 is 14.6 Å². The summed E-state index contributed by atoms with van der Waals surface area (Å²) < 4.78 is 3.51. The number of nitriles is 2. The highest BCUT2D eigenvalue weighted by Gasteiger charge is 2.22. The fourth-order valence-electron chi connectivity index (χ4n) is 3.54. The van der Waals surface area contributed by atoms with Gasteiger partial charge in [0.1, 0.15) is 0 Å². The van der Waals surface area contributed by atoms with E-state index in [0.717, 1.165) is 0 Å². The van der Waals surface area contributed by atoms with E-state index in [1.54, 1.807) is 66.7 Å². The Morgan fingerprint density at radius 3 is 2.48 bits per heavy atom. The standard InChI is InChI=1S/C21H18BN7O2/c1-21(2,11-23)18-7-5-14(9-26-18)29-19-15-8-13(22(30)31)4-6-16(15)25-10-17(19)28(3)20(29)27-12-24/h4-10,30-31H,1-3H3. The summed E-state index contributed by atoms with van der Waals surface area (Å²) in [5, 5.41) is 38.6. The van der Waals surface area contributed by atoms with Crippen molar-refractivity contribution in [2.24, 2.45) is 12.0 Å². The van der Waals surface area contributed by atoms with E-state index in [1.807, 2.05) is 12.3 Å². The van der Waals surface area contributed by atoms with E-state index < -0.39 is 12.5 Å². The molecule has 0 bridgehead atoms. The molecular weight excluding hydrogens is 393 g/mol. The highest BCUT2D eigenvalue weighted by Crippen LogP contribution is 2.26. The Bertz CT molecular complexity index is 1470. The molecule has 0 saturated carbocycles. The largest absolute Gasteiger partial charge is 0.488 e. The third kappa shape index (κ3) is 3.24. The third-order valence-electron chi connectivity index (χ3n) is 5.30. The van der Waals surface area contributed by atoms with E-state index in [1.165, 1.54) is 0 Å². The lowest BCUT2D eigenvalue weighted by atomic mass is 9.80. The molecular formula is C21H18BN7O2. The minimum Gasteiger partial charge on any atom is -0.423 e. The molecule has 0 spiro atoms. The van der Waals surface area contributed by atoms with Crippen LogP contribution in [0.3, 0.4) is 0 Å². The highest BCUT2D eigenvalue weighted by molar-refractivity contribution is 6.59. The number of nitrogens with zero attached hydrogens (tertiary/aromatic N) is 7. The molecule has 0 aliphatic rings. The number of aromatic nitrogens is 4. The average Bonchev–Trinajstić information content (AvgIpc) is 3.05. The number of benzene rings is 1. The average molecular weight is 411 g/mol. The van der Waals surface area contributed by atoms with E-state index in [4.69, 9.17) is 0 Å². The lowest BCUT2D eigenvalue weighted by Crippen LogP contribution is -2.29. The van der Waals surface area contributed by atoms with Crippen LogP contribution in [0.15, 0.2) is 47.7 Å². The minimum atomic E-state index is -1.63. The number of pyridine rings is 2. The van der Waals surface area contributed by atoms with Crippen LogP contribution in [-0.2, 0) is 12.5 Å². The summed E-state index contributed by atoms with van der Waals surface area (Å²) in [6.07, 6.45) is 5.14. The summed E-state index contributed by atoms with van der Waals surface area (Å²) >= 11 is 0. The molecule has 152 valence electrons. The smallest absolute Gasteiger partial charge is 0.423 e. The van der Waals surface area contributed by atoms with E-state index >= 15 is 0 Å². The maximum absolute atomic E-state index is 9.64. The van der Waals surface area contributed by atoms with E-state index in [2.05, 4.69) is 21.0 Å². The van der Waals surface area contributed by atoms with Gasteiger partial charge in [0, 0.05) is 12.4 Å². The number of rotatable bonds is 3. The van der Waals surface area contributed by atoms with Crippen molar-refractivity contribution in [3.05, 3.63) is 54.0 Å². The Balaban J connectivity index is 2.11. The number of aryl methyl sites for hydroxylation is 1. The fourth-order valence-corrected chi connectivity index (χ4v) is 3.54. The molecule has 0 unspecified atom stereocenters. The monoisotopic (exact) mass is 411 g/mol. The fraction of sp³-hybridized carbons (Fsp3) is 0.190. The molecule has 2 N–H and O–H groups in total. The first-order valence-corrected chi connectivity index (χ1v) is 9.45. The van der Waals surface area contributed by atoms with Crippen LogP contribution in [0.25, 0.3) is 27.6 Å². The van der Waals surface area contributed by atoms with Gasteiger partial charge in [-0.05, 0) is 37.5 Å². The molecule has 3 heterocycles. The maximum Gasteiger partial charge on any atom is 0.488 e. The minimum absolute atomic E-state index is 0.320. The molecule has 3 aromatic heterocycles. The summed E-state index contributed by atoms with van der Waals surface area (Å²) in [6.45, 7) is 3.58. The van der Waals surface area contributed by atoms with E-state index in [0.29, 0.717) is 44.4 Å². The van der Waals surface area contributed by atoms with Crippen LogP contribution in [0.1, 0.15) is 19.5 Å². The molecule has 1 aromatic carbocycles. The number of imidazole rings is 1. The van der Waals surface area contributed by atoms with Gasteiger partial charge in [0.05, 0.1) is 51.8 Å². The van der Waals surface area contributed by atoms with Crippen molar-refractivity contribution < 1.29 is 10.0 Å². The van der Waals surface area contributed by atoms with Gasteiger partial charge in [0.15, 0.2) is 0 Å². The van der Waals surface area contributed by atoms with Crippen LogP contribution in [0, 0.1) is 22.8 Å². The molecule has 0 aliphatic heterocycles. The number of hydrogen-bond acceptors (Lipinski definition) is 7. The molecule has 4 aromatic rings.